The van der Waals surface area contributed by atoms with Crippen LogP contribution in [-0.2, 0) is 11.8 Å². The molecule has 0 nitrogen and oxygen atoms in total. The Bertz CT molecular complexity index is 2210. The summed E-state index contributed by atoms with van der Waals surface area (Å²) in [6, 6.07) is 32.0. The fourth-order valence-electron chi connectivity index (χ4n) is 6.62. The zero-order valence-electron chi connectivity index (χ0n) is 21.2. The molecule has 6 heteroatoms. The third-order valence-corrected chi connectivity index (χ3v) is 8.52. The number of rotatable bonds is 1. The minimum atomic E-state index is -5.57. The standard InChI is InChI=1S/C35H18F6/c36-33(37)31-28-12-6-5-10-24(28)27-16-14-20(18-30(27)32(31)34(38,39)35(33,40)41)19-13-15-26-23-9-2-1-7-21(23)22-8-3-4-11-25(22)29(26)17-19/h1-18H. The van der Waals surface area contributed by atoms with E-state index in [1.54, 1.807) is 18.2 Å². The largest absolute Gasteiger partial charge is 0.380 e. The average Bonchev–Trinajstić information content (AvgIpc) is 3.10. The number of hydrogen-bond acceptors (Lipinski definition) is 0. The number of fused-ring (bicyclic) bond motifs is 12. The van der Waals surface area contributed by atoms with E-state index in [1.807, 2.05) is 60.7 Å². The van der Waals surface area contributed by atoms with Crippen molar-refractivity contribution in [3.63, 3.8) is 0 Å². The second-order valence-corrected chi connectivity index (χ2v) is 10.6. The molecule has 200 valence electrons. The maximum atomic E-state index is 15.3. The van der Waals surface area contributed by atoms with E-state index in [2.05, 4.69) is 6.07 Å². The number of alkyl halides is 6. The van der Waals surface area contributed by atoms with Gasteiger partial charge in [0.25, 0.3) is 0 Å². The maximum absolute atomic E-state index is 15.3. The van der Waals surface area contributed by atoms with Crippen molar-refractivity contribution in [1.82, 2.24) is 0 Å². The van der Waals surface area contributed by atoms with Crippen molar-refractivity contribution in [3.8, 4) is 11.1 Å². The molecule has 0 aromatic heterocycles. The molecule has 0 heterocycles. The lowest BCUT2D eigenvalue weighted by Gasteiger charge is -2.23. The van der Waals surface area contributed by atoms with Crippen LogP contribution in [0.2, 0.25) is 0 Å². The molecule has 0 unspecified atom stereocenters. The van der Waals surface area contributed by atoms with E-state index < -0.39 is 28.9 Å². The molecule has 7 aromatic rings. The average molecular weight is 553 g/mol. The molecule has 0 spiro atoms. The Balaban J connectivity index is 1.46. The van der Waals surface area contributed by atoms with Gasteiger partial charge in [-0.1, -0.05) is 97.1 Å². The second kappa shape index (κ2) is 7.78. The van der Waals surface area contributed by atoms with Gasteiger partial charge < -0.3 is 0 Å². The highest BCUT2D eigenvalue weighted by Gasteiger charge is 2.79. The van der Waals surface area contributed by atoms with Crippen LogP contribution in [0.5, 0.6) is 0 Å². The van der Waals surface area contributed by atoms with E-state index in [0.29, 0.717) is 11.1 Å². The first-order chi connectivity index (χ1) is 19.6. The summed E-state index contributed by atoms with van der Waals surface area (Å²) in [4.78, 5) is 0. The second-order valence-electron chi connectivity index (χ2n) is 10.6. The first-order valence-corrected chi connectivity index (χ1v) is 13.1. The molecule has 0 fully saturated rings. The van der Waals surface area contributed by atoms with Crippen molar-refractivity contribution in [3.05, 3.63) is 120 Å². The SMILES string of the molecule is FC1(F)c2c(c3cc(-c4ccc5c6ccccc6c6ccccc6c5c4)ccc3c3ccccc23)C(F)(F)C1(F)F. The maximum Gasteiger partial charge on any atom is 0.380 e. The van der Waals surface area contributed by atoms with Crippen LogP contribution in [0.25, 0.3) is 65.0 Å². The minimum absolute atomic E-state index is 0.216. The Morgan fingerprint density at radius 2 is 0.634 bits per heavy atom. The predicted molar refractivity (Wildman–Crippen MR) is 152 cm³/mol. The molecule has 8 rings (SSSR count). The predicted octanol–water partition coefficient (Wildman–Crippen LogP) is 11.0. The third kappa shape index (κ3) is 2.92. The smallest absolute Gasteiger partial charge is 0.194 e. The Morgan fingerprint density at radius 3 is 1.12 bits per heavy atom. The summed E-state index contributed by atoms with van der Waals surface area (Å²) >= 11 is 0. The van der Waals surface area contributed by atoms with Crippen molar-refractivity contribution in [1.29, 1.82) is 0 Å². The summed E-state index contributed by atoms with van der Waals surface area (Å²) in [6.45, 7) is 0. The molecule has 0 bridgehead atoms. The fourth-order valence-corrected chi connectivity index (χ4v) is 6.62. The number of hydrogen-bond donors (Lipinski definition) is 0. The van der Waals surface area contributed by atoms with E-state index in [4.69, 9.17) is 0 Å². The van der Waals surface area contributed by atoms with Crippen molar-refractivity contribution in [2.24, 2.45) is 0 Å². The highest BCUT2D eigenvalue weighted by atomic mass is 19.3. The van der Waals surface area contributed by atoms with Gasteiger partial charge in [-0.05, 0) is 77.1 Å². The monoisotopic (exact) mass is 552 g/mol. The quantitative estimate of drug-likeness (QED) is 0.140. The zero-order chi connectivity index (χ0) is 28.3. The van der Waals surface area contributed by atoms with E-state index in [0.717, 1.165) is 32.3 Å². The van der Waals surface area contributed by atoms with Crippen LogP contribution >= 0.6 is 0 Å². The van der Waals surface area contributed by atoms with Gasteiger partial charge in [-0.2, -0.15) is 26.3 Å². The molecule has 1 aliphatic carbocycles. The minimum Gasteiger partial charge on any atom is -0.194 e. The molecular formula is C35H18F6. The van der Waals surface area contributed by atoms with Crippen molar-refractivity contribution >= 4 is 53.9 Å². The normalized spacial score (nSPS) is 17.1. The van der Waals surface area contributed by atoms with Crippen LogP contribution in [0, 0.1) is 0 Å². The van der Waals surface area contributed by atoms with Gasteiger partial charge in [0.15, 0.2) is 0 Å². The lowest BCUT2D eigenvalue weighted by Crippen LogP contribution is -2.43. The van der Waals surface area contributed by atoms with Crippen LogP contribution in [0.3, 0.4) is 0 Å². The molecule has 0 saturated heterocycles. The first-order valence-electron chi connectivity index (χ1n) is 13.1. The fraction of sp³-hybridized carbons (Fsp3) is 0.0857. The van der Waals surface area contributed by atoms with Gasteiger partial charge in [-0.25, -0.2) is 0 Å². The molecule has 0 amide bonds. The molecule has 0 N–H and O–H groups in total. The van der Waals surface area contributed by atoms with Crippen molar-refractivity contribution < 1.29 is 26.3 Å². The molecule has 0 radical (unpaired) electrons. The summed E-state index contributed by atoms with van der Waals surface area (Å²) in [5.41, 5.74) is -1.49. The lowest BCUT2D eigenvalue weighted by atomic mass is 9.88. The van der Waals surface area contributed by atoms with Crippen molar-refractivity contribution in [2.75, 3.05) is 0 Å². The summed E-state index contributed by atoms with van der Waals surface area (Å²) < 4.78 is 90.3. The van der Waals surface area contributed by atoms with Gasteiger partial charge in [-0.15, -0.1) is 0 Å². The van der Waals surface area contributed by atoms with Crippen LogP contribution in [-0.4, -0.2) is 5.92 Å². The molecule has 0 atom stereocenters. The molecule has 7 aromatic carbocycles. The highest BCUT2D eigenvalue weighted by molar-refractivity contribution is 6.25. The van der Waals surface area contributed by atoms with Crippen molar-refractivity contribution in [2.45, 2.75) is 17.8 Å². The van der Waals surface area contributed by atoms with E-state index in [-0.39, 0.29) is 21.5 Å². The van der Waals surface area contributed by atoms with Gasteiger partial charge in [0.2, 0.25) is 0 Å². The molecular weight excluding hydrogens is 534 g/mol. The molecule has 41 heavy (non-hydrogen) atoms. The van der Waals surface area contributed by atoms with Crippen LogP contribution in [0.15, 0.2) is 109 Å². The van der Waals surface area contributed by atoms with Gasteiger partial charge in [-0.3, -0.25) is 0 Å². The number of halogens is 6. The molecule has 0 aliphatic heterocycles. The Hall–Kier alpha value is -4.58. The zero-order valence-corrected chi connectivity index (χ0v) is 21.2. The van der Waals surface area contributed by atoms with E-state index in [9.17, 15) is 8.78 Å². The summed E-state index contributed by atoms with van der Waals surface area (Å²) in [5, 5.41) is 5.98. The number of benzene rings is 7. The first kappa shape index (κ1) is 24.2. The Labute approximate surface area is 229 Å². The summed E-state index contributed by atoms with van der Waals surface area (Å²) in [5.74, 6) is -15.7. The van der Waals surface area contributed by atoms with Gasteiger partial charge in [0.1, 0.15) is 0 Å². The Kier molecular flexibility index (Phi) is 4.60. The third-order valence-electron chi connectivity index (χ3n) is 8.52. The van der Waals surface area contributed by atoms with Crippen LogP contribution in [0.1, 0.15) is 11.1 Å². The van der Waals surface area contributed by atoms with Gasteiger partial charge in [0.05, 0.1) is 0 Å². The van der Waals surface area contributed by atoms with Gasteiger partial charge in [0, 0.05) is 11.1 Å². The van der Waals surface area contributed by atoms with Crippen LogP contribution in [0.4, 0.5) is 26.3 Å². The molecule has 1 aliphatic rings. The topological polar surface area (TPSA) is 0 Å². The summed E-state index contributed by atoms with van der Waals surface area (Å²) in [7, 11) is 0. The lowest BCUT2D eigenvalue weighted by molar-refractivity contribution is -0.301. The van der Waals surface area contributed by atoms with E-state index in [1.165, 1.54) is 24.3 Å². The highest BCUT2D eigenvalue weighted by Crippen LogP contribution is 2.66. The van der Waals surface area contributed by atoms with E-state index >= 15 is 17.6 Å². The van der Waals surface area contributed by atoms with Crippen LogP contribution < -0.4 is 0 Å². The molecule has 0 saturated carbocycles. The summed E-state index contributed by atoms with van der Waals surface area (Å²) in [6.07, 6.45) is 0. The van der Waals surface area contributed by atoms with Gasteiger partial charge >= 0.3 is 17.8 Å². The Morgan fingerprint density at radius 1 is 0.317 bits per heavy atom.